The molecule has 150 valence electrons. The fourth-order valence-electron chi connectivity index (χ4n) is 4.81. The zero-order chi connectivity index (χ0) is 19.6. The molecule has 3 atom stereocenters. The minimum absolute atomic E-state index is 0.0318. The molecule has 0 saturated carbocycles. The van der Waals surface area contributed by atoms with Gasteiger partial charge in [-0.1, -0.05) is 24.3 Å². The summed E-state index contributed by atoms with van der Waals surface area (Å²) in [6.45, 7) is 2.08. The third-order valence-corrected chi connectivity index (χ3v) is 6.28. The van der Waals surface area contributed by atoms with E-state index < -0.39 is 0 Å². The second-order valence-corrected chi connectivity index (χ2v) is 8.20. The zero-order valence-corrected chi connectivity index (χ0v) is 16.7. The first kappa shape index (κ1) is 18.4. The van der Waals surface area contributed by atoms with Crippen LogP contribution in [0.25, 0.3) is 5.69 Å². The first-order chi connectivity index (χ1) is 14.3. The molecule has 1 fully saturated rings. The van der Waals surface area contributed by atoms with E-state index in [4.69, 9.17) is 10.5 Å². The van der Waals surface area contributed by atoms with E-state index in [-0.39, 0.29) is 12.1 Å². The molecule has 0 bridgehead atoms. The molecular weight excluding hydrogens is 360 g/mol. The number of imidazole rings is 1. The molecule has 0 spiro atoms. The molecule has 5 heteroatoms. The first-order valence-corrected chi connectivity index (χ1v) is 10.6. The molecule has 5 rings (SSSR count). The number of nitrogens with two attached hydrogens (primary N) is 1. The van der Waals surface area contributed by atoms with Gasteiger partial charge < -0.3 is 15.0 Å². The zero-order valence-electron chi connectivity index (χ0n) is 16.7. The van der Waals surface area contributed by atoms with Crippen LogP contribution in [0.5, 0.6) is 5.75 Å². The summed E-state index contributed by atoms with van der Waals surface area (Å²) >= 11 is 0. The smallest absolute Gasteiger partial charge is 0.139 e. The lowest BCUT2D eigenvalue weighted by Gasteiger charge is -2.43. The topological polar surface area (TPSA) is 56.3 Å². The van der Waals surface area contributed by atoms with Gasteiger partial charge in [0.25, 0.3) is 0 Å². The van der Waals surface area contributed by atoms with Crippen molar-refractivity contribution >= 4 is 0 Å². The van der Waals surface area contributed by atoms with Crippen molar-refractivity contribution in [2.75, 3.05) is 13.1 Å². The molecule has 0 amide bonds. The van der Waals surface area contributed by atoms with E-state index in [1.54, 1.807) is 6.20 Å². The summed E-state index contributed by atoms with van der Waals surface area (Å²) in [6, 6.07) is 17.7. The molecule has 1 aliphatic carbocycles. The molecule has 0 radical (unpaired) electrons. The quantitative estimate of drug-likeness (QED) is 0.740. The van der Waals surface area contributed by atoms with Crippen molar-refractivity contribution in [3.8, 4) is 11.4 Å². The standard InChI is InChI=1S/C24H28N4O/c25-19-5-3-14-27(16-19)23-12-7-18-4-1-2-6-22(18)24(23)29-21-10-8-20(9-11-21)28-15-13-26-17-28/h1-2,4,6,8-11,13,15,17,19,23-24H,3,5,7,12,14,16,25H2/t19-,23?,24?/m0/s1. The Hall–Kier alpha value is -2.63. The van der Waals surface area contributed by atoms with Crippen molar-refractivity contribution in [2.24, 2.45) is 5.73 Å². The van der Waals surface area contributed by atoms with Crippen molar-refractivity contribution in [3.63, 3.8) is 0 Å². The van der Waals surface area contributed by atoms with Crippen molar-refractivity contribution < 1.29 is 4.74 Å². The number of rotatable bonds is 4. The van der Waals surface area contributed by atoms with Crippen LogP contribution >= 0.6 is 0 Å². The molecule has 2 aliphatic rings. The van der Waals surface area contributed by atoms with E-state index in [1.165, 1.54) is 17.5 Å². The van der Waals surface area contributed by atoms with Crippen LogP contribution in [-0.2, 0) is 6.42 Å². The van der Waals surface area contributed by atoms with Gasteiger partial charge in [-0.2, -0.15) is 0 Å². The number of nitrogens with zero attached hydrogens (tertiary/aromatic N) is 3. The molecule has 1 saturated heterocycles. The Morgan fingerprint density at radius 1 is 1.03 bits per heavy atom. The summed E-state index contributed by atoms with van der Waals surface area (Å²) in [5.74, 6) is 0.905. The minimum atomic E-state index is 0.0318. The Labute approximate surface area is 172 Å². The predicted molar refractivity (Wildman–Crippen MR) is 114 cm³/mol. The van der Waals surface area contributed by atoms with Crippen LogP contribution in [0.4, 0.5) is 0 Å². The van der Waals surface area contributed by atoms with Gasteiger partial charge in [-0.3, -0.25) is 4.90 Å². The lowest BCUT2D eigenvalue weighted by atomic mass is 9.84. The molecule has 1 aromatic heterocycles. The molecule has 2 unspecified atom stereocenters. The van der Waals surface area contributed by atoms with Gasteiger partial charge in [-0.25, -0.2) is 4.98 Å². The lowest BCUT2D eigenvalue weighted by Crippen LogP contribution is -2.51. The predicted octanol–water partition coefficient (Wildman–Crippen LogP) is 3.73. The van der Waals surface area contributed by atoms with Crippen LogP contribution in [0.1, 0.15) is 36.5 Å². The Morgan fingerprint density at radius 3 is 2.69 bits per heavy atom. The van der Waals surface area contributed by atoms with Gasteiger partial charge in [0.1, 0.15) is 11.9 Å². The van der Waals surface area contributed by atoms with Gasteiger partial charge in [0, 0.05) is 30.7 Å². The number of likely N-dealkylation sites (tertiary alicyclic amines) is 1. The summed E-state index contributed by atoms with van der Waals surface area (Å²) in [5, 5.41) is 0. The molecule has 3 aromatic rings. The number of aryl methyl sites for hydroxylation is 1. The fraction of sp³-hybridized carbons (Fsp3) is 0.375. The Morgan fingerprint density at radius 2 is 1.90 bits per heavy atom. The second-order valence-electron chi connectivity index (χ2n) is 8.20. The van der Waals surface area contributed by atoms with Crippen molar-refractivity contribution in [2.45, 2.75) is 43.9 Å². The SMILES string of the molecule is N[C@H]1CCCN(C2CCc3ccccc3C2Oc2ccc(-n3ccnc3)cc2)C1. The minimum Gasteiger partial charge on any atom is -0.484 e. The number of piperidine rings is 1. The monoisotopic (exact) mass is 388 g/mol. The summed E-state index contributed by atoms with van der Waals surface area (Å²) in [7, 11) is 0. The van der Waals surface area contributed by atoms with Crippen LogP contribution in [-0.4, -0.2) is 39.6 Å². The molecule has 1 aliphatic heterocycles. The molecule has 2 N–H and O–H groups in total. The largest absolute Gasteiger partial charge is 0.484 e. The fourth-order valence-corrected chi connectivity index (χ4v) is 4.81. The Bertz CT molecular complexity index is 938. The number of ether oxygens (including phenoxy) is 1. The van der Waals surface area contributed by atoms with Gasteiger partial charge in [0.2, 0.25) is 0 Å². The van der Waals surface area contributed by atoms with Gasteiger partial charge in [0.15, 0.2) is 0 Å². The molecule has 5 nitrogen and oxygen atoms in total. The highest BCUT2D eigenvalue weighted by Gasteiger charge is 2.36. The first-order valence-electron chi connectivity index (χ1n) is 10.6. The van der Waals surface area contributed by atoms with E-state index in [9.17, 15) is 0 Å². The van der Waals surface area contributed by atoms with Crippen LogP contribution in [0.15, 0.2) is 67.3 Å². The van der Waals surface area contributed by atoms with Crippen LogP contribution in [0.3, 0.4) is 0 Å². The van der Waals surface area contributed by atoms with E-state index in [0.29, 0.717) is 6.04 Å². The average Bonchev–Trinajstić information content (AvgIpc) is 3.29. The summed E-state index contributed by atoms with van der Waals surface area (Å²) in [6.07, 6.45) is 10.1. The summed E-state index contributed by atoms with van der Waals surface area (Å²) in [4.78, 5) is 6.69. The van der Waals surface area contributed by atoms with Crippen LogP contribution in [0, 0.1) is 0 Å². The van der Waals surface area contributed by atoms with Crippen molar-refractivity contribution in [3.05, 3.63) is 78.4 Å². The number of aromatic nitrogens is 2. The van der Waals surface area contributed by atoms with Crippen LogP contribution < -0.4 is 10.5 Å². The molecule has 2 heterocycles. The molecular formula is C24H28N4O. The van der Waals surface area contributed by atoms with Gasteiger partial charge >= 0.3 is 0 Å². The van der Waals surface area contributed by atoms with E-state index in [0.717, 1.165) is 43.8 Å². The number of hydrogen-bond acceptors (Lipinski definition) is 4. The summed E-state index contributed by atoms with van der Waals surface area (Å²) < 4.78 is 8.65. The average molecular weight is 389 g/mol. The highest BCUT2D eigenvalue weighted by Crippen LogP contribution is 2.37. The van der Waals surface area contributed by atoms with Crippen molar-refractivity contribution in [1.29, 1.82) is 0 Å². The second kappa shape index (κ2) is 8.01. The highest BCUT2D eigenvalue weighted by atomic mass is 16.5. The van der Waals surface area contributed by atoms with Crippen LogP contribution in [0.2, 0.25) is 0 Å². The van der Waals surface area contributed by atoms with Gasteiger partial charge in [-0.05, 0) is 67.6 Å². The Kier molecular flexibility index (Phi) is 5.08. The normalized spacial score (nSPS) is 24.8. The molecule has 2 aromatic carbocycles. The number of hydrogen-bond donors (Lipinski definition) is 1. The number of benzene rings is 2. The van der Waals surface area contributed by atoms with Crippen molar-refractivity contribution in [1.82, 2.24) is 14.5 Å². The lowest BCUT2D eigenvalue weighted by molar-refractivity contribution is 0.0367. The van der Waals surface area contributed by atoms with E-state index >= 15 is 0 Å². The van der Waals surface area contributed by atoms with Gasteiger partial charge in [-0.15, -0.1) is 0 Å². The van der Waals surface area contributed by atoms with Gasteiger partial charge in [0.05, 0.1) is 12.4 Å². The highest BCUT2D eigenvalue weighted by molar-refractivity contribution is 5.39. The maximum atomic E-state index is 6.65. The third-order valence-electron chi connectivity index (χ3n) is 6.28. The van der Waals surface area contributed by atoms with E-state index in [1.807, 2.05) is 17.1 Å². The summed E-state index contributed by atoms with van der Waals surface area (Å²) in [5.41, 5.74) is 10.1. The number of fused-ring (bicyclic) bond motifs is 1. The maximum Gasteiger partial charge on any atom is 0.139 e. The maximum absolute atomic E-state index is 6.65. The third kappa shape index (κ3) is 3.80. The molecule has 29 heavy (non-hydrogen) atoms. The van der Waals surface area contributed by atoms with E-state index in [2.05, 4.69) is 58.4 Å². The Balaban J connectivity index is 1.42.